The van der Waals surface area contributed by atoms with Crippen LogP contribution in [-0.4, -0.2) is 12.3 Å². The van der Waals surface area contributed by atoms with Crippen molar-refractivity contribution in [2.45, 2.75) is 25.7 Å². The SMILES string of the molecule is Cc1ccc(SCC(C)CN)c(C)c1. The first-order chi connectivity index (χ1) is 6.63. The van der Waals surface area contributed by atoms with E-state index < -0.39 is 0 Å². The first kappa shape index (κ1) is 11.6. The minimum absolute atomic E-state index is 0.598. The fraction of sp³-hybridized carbons (Fsp3) is 0.500. The summed E-state index contributed by atoms with van der Waals surface area (Å²) in [6, 6.07) is 6.61. The van der Waals surface area contributed by atoms with Gasteiger partial charge in [-0.3, -0.25) is 0 Å². The van der Waals surface area contributed by atoms with Crippen LogP contribution in [0.3, 0.4) is 0 Å². The van der Waals surface area contributed by atoms with Crippen molar-refractivity contribution in [1.29, 1.82) is 0 Å². The van der Waals surface area contributed by atoms with Crippen LogP contribution in [0.5, 0.6) is 0 Å². The number of hydrogen-bond acceptors (Lipinski definition) is 2. The second-order valence-electron chi connectivity index (χ2n) is 3.92. The van der Waals surface area contributed by atoms with Crippen molar-refractivity contribution in [3.8, 4) is 0 Å². The normalized spacial score (nSPS) is 12.9. The quantitative estimate of drug-likeness (QED) is 0.771. The summed E-state index contributed by atoms with van der Waals surface area (Å²) in [4.78, 5) is 1.39. The molecule has 0 aliphatic heterocycles. The lowest BCUT2D eigenvalue weighted by Crippen LogP contribution is -2.12. The van der Waals surface area contributed by atoms with Crippen LogP contribution in [0, 0.1) is 19.8 Å². The van der Waals surface area contributed by atoms with Gasteiger partial charge in [-0.2, -0.15) is 0 Å². The topological polar surface area (TPSA) is 26.0 Å². The lowest BCUT2D eigenvalue weighted by molar-refractivity contribution is 0.675. The molecule has 0 amide bonds. The maximum absolute atomic E-state index is 5.59. The molecule has 1 rings (SSSR count). The molecule has 0 heterocycles. The highest BCUT2D eigenvalue weighted by molar-refractivity contribution is 7.99. The molecule has 0 bridgehead atoms. The van der Waals surface area contributed by atoms with Crippen molar-refractivity contribution in [1.82, 2.24) is 0 Å². The Bertz CT molecular complexity index is 296. The highest BCUT2D eigenvalue weighted by Crippen LogP contribution is 2.24. The van der Waals surface area contributed by atoms with Crippen LogP contribution in [0.1, 0.15) is 18.1 Å². The standard InChI is InChI=1S/C12H19NS/c1-9-4-5-12(11(3)6-9)14-8-10(2)7-13/h4-6,10H,7-8,13H2,1-3H3. The van der Waals surface area contributed by atoms with E-state index >= 15 is 0 Å². The Labute approximate surface area is 91.1 Å². The summed E-state index contributed by atoms with van der Waals surface area (Å²) in [5.74, 6) is 1.71. The predicted octanol–water partition coefficient (Wildman–Crippen LogP) is 2.99. The third-order valence-electron chi connectivity index (χ3n) is 2.26. The molecule has 0 aliphatic carbocycles. The Morgan fingerprint density at radius 1 is 1.36 bits per heavy atom. The van der Waals surface area contributed by atoms with Crippen molar-refractivity contribution in [3.05, 3.63) is 29.3 Å². The molecule has 0 aromatic heterocycles. The van der Waals surface area contributed by atoms with E-state index in [0.717, 1.165) is 12.3 Å². The van der Waals surface area contributed by atoms with Gasteiger partial charge in [0.05, 0.1) is 0 Å². The number of nitrogens with two attached hydrogens (primary N) is 1. The summed E-state index contributed by atoms with van der Waals surface area (Å²) >= 11 is 1.91. The van der Waals surface area contributed by atoms with Crippen LogP contribution in [0.4, 0.5) is 0 Å². The monoisotopic (exact) mass is 209 g/mol. The third kappa shape index (κ3) is 3.35. The predicted molar refractivity (Wildman–Crippen MR) is 64.9 cm³/mol. The van der Waals surface area contributed by atoms with Crippen LogP contribution in [-0.2, 0) is 0 Å². The number of aryl methyl sites for hydroxylation is 2. The molecule has 0 fully saturated rings. The molecular formula is C12H19NS. The molecule has 0 spiro atoms. The van der Waals surface area contributed by atoms with Gasteiger partial charge in [0.25, 0.3) is 0 Å². The summed E-state index contributed by atoms with van der Waals surface area (Å²) in [6.07, 6.45) is 0. The van der Waals surface area contributed by atoms with E-state index in [1.165, 1.54) is 16.0 Å². The second kappa shape index (κ2) is 5.42. The number of thioether (sulfide) groups is 1. The van der Waals surface area contributed by atoms with Gasteiger partial charge in [0.2, 0.25) is 0 Å². The van der Waals surface area contributed by atoms with Crippen LogP contribution < -0.4 is 5.73 Å². The fourth-order valence-electron chi connectivity index (χ4n) is 1.26. The zero-order chi connectivity index (χ0) is 10.6. The molecule has 0 saturated heterocycles. The highest BCUT2D eigenvalue weighted by Gasteiger charge is 2.03. The van der Waals surface area contributed by atoms with E-state index in [4.69, 9.17) is 5.73 Å². The molecule has 0 aliphatic rings. The zero-order valence-electron chi connectivity index (χ0n) is 9.21. The molecule has 0 radical (unpaired) electrons. The zero-order valence-corrected chi connectivity index (χ0v) is 10.0. The van der Waals surface area contributed by atoms with Crippen LogP contribution in [0.15, 0.2) is 23.1 Å². The van der Waals surface area contributed by atoms with E-state index in [0.29, 0.717) is 5.92 Å². The van der Waals surface area contributed by atoms with Gasteiger partial charge in [-0.1, -0.05) is 24.6 Å². The summed E-state index contributed by atoms with van der Waals surface area (Å²) in [5.41, 5.74) is 8.29. The number of hydrogen-bond donors (Lipinski definition) is 1. The van der Waals surface area contributed by atoms with Crippen LogP contribution in [0.2, 0.25) is 0 Å². The maximum atomic E-state index is 5.59. The molecule has 1 nitrogen and oxygen atoms in total. The first-order valence-corrected chi connectivity index (χ1v) is 6.02. The van der Waals surface area contributed by atoms with Gasteiger partial charge in [0.1, 0.15) is 0 Å². The molecule has 78 valence electrons. The van der Waals surface area contributed by atoms with Crippen molar-refractivity contribution >= 4 is 11.8 Å². The molecule has 1 unspecified atom stereocenters. The highest BCUT2D eigenvalue weighted by atomic mass is 32.2. The average molecular weight is 209 g/mol. The van der Waals surface area contributed by atoms with E-state index in [1.54, 1.807) is 0 Å². The summed E-state index contributed by atoms with van der Waals surface area (Å²) in [5, 5.41) is 0. The van der Waals surface area contributed by atoms with Crippen molar-refractivity contribution < 1.29 is 0 Å². The van der Waals surface area contributed by atoms with Crippen molar-refractivity contribution in [2.75, 3.05) is 12.3 Å². The molecule has 1 aromatic carbocycles. The Morgan fingerprint density at radius 2 is 2.07 bits per heavy atom. The Hall–Kier alpha value is -0.470. The van der Waals surface area contributed by atoms with Gasteiger partial charge in [-0.15, -0.1) is 11.8 Å². The van der Waals surface area contributed by atoms with E-state index in [9.17, 15) is 0 Å². The first-order valence-electron chi connectivity index (χ1n) is 5.03. The molecule has 14 heavy (non-hydrogen) atoms. The summed E-state index contributed by atoms with van der Waals surface area (Å²) < 4.78 is 0. The van der Waals surface area contributed by atoms with E-state index in [2.05, 4.69) is 39.0 Å². The molecule has 0 saturated carbocycles. The van der Waals surface area contributed by atoms with Crippen LogP contribution in [0.25, 0.3) is 0 Å². The minimum Gasteiger partial charge on any atom is -0.330 e. The van der Waals surface area contributed by atoms with Gasteiger partial charge >= 0.3 is 0 Å². The molecule has 1 aromatic rings. The van der Waals surface area contributed by atoms with Gasteiger partial charge < -0.3 is 5.73 Å². The summed E-state index contributed by atoms with van der Waals surface area (Å²) in [7, 11) is 0. The molecule has 2 N–H and O–H groups in total. The molecule has 2 heteroatoms. The van der Waals surface area contributed by atoms with E-state index in [-0.39, 0.29) is 0 Å². The Morgan fingerprint density at radius 3 is 2.64 bits per heavy atom. The fourth-order valence-corrected chi connectivity index (χ4v) is 2.31. The van der Waals surface area contributed by atoms with Gasteiger partial charge in [0, 0.05) is 10.6 Å². The minimum atomic E-state index is 0.598. The van der Waals surface area contributed by atoms with E-state index in [1.807, 2.05) is 11.8 Å². The maximum Gasteiger partial charge on any atom is 0.0101 e. The number of benzene rings is 1. The molecule has 1 atom stereocenters. The summed E-state index contributed by atoms with van der Waals surface area (Å²) in [6.45, 7) is 7.26. The van der Waals surface area contributed by atoms with Crippen molar-refractivity contribution in [3.63, 3.8) is 0 Å². The smallest absolute Gasteiger partial charge is 0.0101 e. The Balaban J connectivity index is 2.59. The lowest BCUT2D eigenvalue weighted by Gasteiger charge is -2.10. The van der Waals surface area contributed by atoms with Gasteiger partial charge in [-0.25, -0.2) is 0 Å². The van der Waals surface area contributed by atoms with Gasteiger partial charge in [0.15, 0.2) is 0 Å². The number of rotatable bonds is 4. The largest absolute Gasteiger partial charge is 0.330 e. The Kier molecular flexibility index (Phi) is 4.49. The lowest BCUT2D eigenvalue weighted by atomic mass is 10.2. The molecular weight excluding hydrogens is 190 g/mol. The van der Waals surface area contributed by atoms with Crippen LogP contribution >= 0.6 is 11.8 Å². The third-order valence-corrected chi connectivity index (χ3v) is 3.76. The van der Waals surface area contributed by atoms with Crippen molar-refractivity contribution in [2.24, 2.45) is 11.7 Å². The average Bonchev–Trinajstić information content (AvgIpc) is 2.16. The second-order valence-corrected chi connectivity index (χ2v) is 4.98. The van der Waals surface area contributed by atoms with Gasteiger partial charge in [-0.05, 0) is 37.9 Å².